The van der Waals surface area contributed by atoms with Crippen molar-refractivity contribution in [3.05, 3.63) is 23.3 Å². The van der Waals surface area contributed by atoms with Gasteiger partial charge in [0, 0.05) is 0 Å². The van der Waals surface area contributed by atoms with Crippen molar-refractivity contribution >= 4 is 0 Å². The smallest absolute Gasteiger partial charge is 0.0143 e. The Morgan fingerprint density at radius 3 is 2.58 bits per heavy atom. The molecule has 0 aliphatic heterocycles. The molecule has 0 amide bonds. The summed E-state index contributed by atoms with van der Waals surface area (Å²) in [4.78, 5) is 0. The van der Waals surface area contributed by atoms with Gasteiger partial charge in [0.25, 0.3) is 0 Å². The van der Waals surface area contributed by atoms with Crippen LogP contribution in [0.25, 0.3) is 0 Å². The average molecular weight is 329 g/mol. The van der Waals surface area contributed by atoms with Gasteiger partial charge in [0.05, 0.1) is 0 Å². The standard InChI is InChI=1S/C24H40/c1-6-17(2)22-13-14-23-21(8-7-15-24(22,23)5)12-11-20-10-9-18(3)19(4)16-20/h11-12,17-19,22-23H,6-10,13-16H2,1-5H3/b20-11-,21-12+. The van der Waals surface area contributed by atoms with E-state index in [-0.39, 0.29) is 0 Å². The molecule has 0 nitrogen and oxygen atoms in total. The Kier molecular flexibility index (Phi) is 5.62. The van der Waals surface area contributed by atoms with Crippen molar-refractivity contribution in [1.29, 1.82) is 0 Å². The maximum atomic E-state index is 2.63. The predicted molar refractivity (Wildman–Crippen MR) is 106 cm³/mol. The Bertz CT molecular complexity index is 496. The molecule has 3 fully saturated rings. The van der Waals surface area contributed by atoms with Crippen LogP contribution in [-0.2, 0) is 0 Å². The lowest BCUT2D eigenvalue weighted by atomic mass is 9.61. The Labute approximate surface area is 151 Å². The van der Waals surface area contributed by atoms with Crippen LogP contribution in [0.1, 0.15) is 92.4 Å². The fourth-order valence-corrected chi connectivity index (χ4v) is 6.29. The second kappa shape index (κ2) is 7.38. The molecule has 0 saturated heterocycles. The molecule has 6 atom stereocenters. The van der Waals surface area contributed by atoms with E-state index in [4.69, 9.17) is 0 Å². The van der Waals surface area contributed by atoms with Crippen molar-refractivity contribution in [3.63, 3.8) is 0 Å². The third kappa shape index (κ3) is 3.40. The summed E-state index contributed by atoms with van der Waals surface area (Å²) in [6.07, 6.45) is 17.7. The Morgan fingerprint density at radius 1 is 1.08 bits per heavy atom. The summed E-state index contributed by atoms with van der Waals surface area (Å²) >= 11 is 0. The van der Waals surface area contributed by atoms with Gasteiger partial charge in [-0.2, -0.15) is 0 Å². The van der Waals surface area contributed by atoms with Crippen LogP contribution in [0, 0.1) is 35.0 Å². The molecule has 136 valence electrons. The van der Waals surface area contributed by atoms with Crippen molar-refractivity contribution in [2.75, 3.05) is 0 Å². The molecule has 3 aliphatic rings. The molecule has 3 aliphatic carbocycles. The Hall–Kier alpha value is -0.520. The molecule has 3 saturated carbocycles. The van der Waals surface area contributed by atoms with Gasteiger partial charge < -0.3 is 0 Å². The molecular weight excluding hydrogens is 288 g/mol. The molecule has 0 radical (unpaired) electrons. The third-order valence-corrected chi connectivity index (χ3v) is 8.38. The lowest BCUT2D eigenvalue weighted by molar-refractivity contribution is 0.0961. The van der Waals surface area contributed by atoms with Gasteiger partial charge in [-0.15, -0.1) is 0 Å². The zero-order valence-electron chi connectivity index (χ0n) is 16.9. The number of allylic oxidation sites excluding steroid dienone is 4. The normalized spacial score (nSPS) is 44.7. The van der Waals surface area contributed by atoms with Crippen molar-refractivity contribution in [3.8, 4) is 0 Å². The van der Waals surface area contributed by atoms with Gasteiger partial charge in [-0.05, 0) is 86.4 Å². The maximum absolute atomic E-state index is 2.63. The number of hydrogen-bond acceptors (Lipinski definition) is 0. The van der Waals surface area contributed by atoms with Gasteiger partial charge in [0.1, 0.15) is 0 Å². The summed E-state index contributed by atoms with van der Waals surface area (Å²) < 4.78 is 0. The molecular formula is C24H40. The van der Waals surface area contributed by atoms with Gasteiger partial charge in [-0.25, -0.2) is 0 Å². The molecule has 0 bridgehead atoms. The van der Waals surface area contributed by atoms with Gasteiger partial charge in [0.15, 0.2) is 0 Å². The van der Waals surface area contributed by atoms with Gasteiger partial charge >= 0.3 is 0 Å². The molecule has 0 heteroatoms. The average Bonchev–Trinajstić information content (AvgIpc) is 2.92. The molecule has 0 aromatic heterocycles. The van der Waals surface area contributed by atoms with E-state index in [0.29, 0.717) is 5.41 Å². The molecule has 0 aromatic rings. The fourth-order valence-electron chi connectivity index (χ4n) is 6.29. The highest BCUT2D eigenvalue weighted by Gasteiger charge is 2.50. The highest BCUT2D eigenvalue weighted by Crippen LogP contribution is 2.59. The summed E-state index contributed by atoms with van der Waals surface area (Å²) in [7, 11) is 0. The number of rotatable bonds is 3. The van der Waals surface area contributed by atoms with Crippen LogP contribution in [-0.4, -0.2) is 0 Å². The van der Waals surface area contributed by atoms with Crippen molar-refractivity contribution in [1.82, 2.24) is 0 Å². The highest BCUT2D eigenvalue weighted by atomic mass is 14.5. The molecule has 0 aromatic carbocycles. The minimum atomic E-state index is 0.590. The monoisotopic (exact) mass is 328 g/mol. The largest absolute Gasteiger partial charge is 0.0699 e. The quantitative estimate of drug-likeness (QED) is 0.501. The maximum Gasteiger partial charge on any atom is -0.0143 e. The van der Waals surface area contributed by atoms with E-state index in [1.165, 1.54) is 57.8 Å². The Balaban J connectivity index is 1.75. The first kappa shape index (κ1) is 18.3. The Morgan fingerprint density at radius 2 is 1.88 bits per heavy atom. The topological polar surface area (TPSA) is 0 Å². The first-order chi connectivity index (χ1) is 11.5. The van der Waals surface area contributed by atoms with Gasteiger partial charge in [-0.3, -0.25) is 0 Å². The van der Waals surface area contributed by atoms with Crippen LogP contribution in [0.4, 0.5) is 0 Å². The lowest BCUT2D eigenvalue weighted by Crippen LogP contribution is -2.35. The lowest BCUT2D eigenvalue weighted by Gasteiger charge is -2.44. The first-order valence-corrected chi connectivity index (χ1v) is 10.8. The highest BCUT2D eigenvalue weighted by molar-refractivity contribution is 5.25. The molecule has 0 N–H and O–H groups in total. The van der Waals surface area contributed by atoms with Crippen molar-refractivity contribution in [2.45, 2.75) is 92.4 Å². The SMILES string of the molecule is CCC(C)C1CCC2/C(=C/C=C3/CCC(C)C(C)C3)CCCC21C. The minimum absolute atomic E-state index is 0.590. The van der Waals surface area contributed by atoms with E-state index in [9.17, 15) is 0 Å². The van der Waals surface area contributed by atoms with E-state index in [0.717, 1.165) is 29.6 Å². The summed E-state index contributed by atoms with van der Waals surface area (Å²) in [6, 6.07) is 0. The van der Waals surface area contributed by atoms with Gasteiger partial charge in [-0.1, -0.05) is 64.3 Å². The van der Waals surface area contributed by atoms with Crippen molar-refractivity contribution in [2.24, 2.45) is 35.0 Å². The summed E-state index contributed by atoms with van der Waals surface area (Å²) in [5, 5.41) is 0. The minimum Gasteiger partial charge on any atom is -0.0699 e. The van der Waals surface area contributed by atoms with Crippen molar-refractivity contribution < 1.29 is 0 Å². The van der Waals surface area contributed by atoms with Crippen LogP contribution in [0.2, 0.25) is 0 Å². The van der Waals surface area contributed by atoms with E-state index >= 15 is 0 Å². The van der Waals surface area contributed by atoms with E-state index in [2.05, 4.69) is 46.8 Å². The fraction of sp³-hybridized carbons (Fsp3) is 0.833. The predicted octanol–water partition coefficient (Wildman–Crippen LogP) is 7.56. The third-order valence-electron chi connectivity index (χ3n) is 8.38. The zero-order chi connectivity index (χ0) is 17.3. The second-order valence-corrected chi connectivity index (χ2v) is 9.75. The molecule has 3 rings (SSSR count). The number of fused-ring (bicyclic) bond motifs is 1. The van der Waals surface area contributed by atoms with Crippen LogP contribution in [0.5, 0.6) is 0 Å². The molecule has 6 unspecified atom stereocenters. The van der Waals surface area contributed by atoms with Crippen LogP contribution in [0.3, 0.4) is 0 Å². The van der Waals surface area contributed by atoms with Gasteiger partial charge in [0.2, 0.25) is 0 Å². The van der Waals surface area contributed by atoms with E-state index < -0.39 is 0 Å². The molecule has 0 heterocycles. The molecule has 24 heavy (non-hydrogen) atoms. The molecule has 0 spiro atoms. The first-order valence-electron chi connectivity index (χ1n) is 10.8. The van der Waals surface area contributed by atoms with E-state index in [1.807, 2.05) is 0 Å². The van der Waals surface area contributed by atoms with Crippen LogP contribution < -0.4 is 0 Å². The summed E-state index contributed by atoms with van der Waals surface area (Å²) in [6.45, 7) is 12.4. The number of hydrogen-bond donors (Lipinski definition) is 0. The summed E-state index contributed by atoms with van der Waals surface area (Å²) in [5.74, 6) is 4.53. The van der Waals surface area contributed by atoms with Crippen LogP contribution >= 0.6 is 0 Å². The zero-order valence-corrected chi connectivity index (χ0v) is 16.9. The van der Waals surface area contributed by atoms with E-state index in [1.54, 1.807) is 11.1 Å². The second-order valence-electron chi connectivity index (χ2n) is 9.75. The summed E-state index contributed by atoms with van der Waals surface area (Å²) in [5.41, 5.74) is 4.11. The van der Waals surface area contributed by atoms with Crippen LogP contribution in [0.15, 0.2) is 23.3 Å².